The summed E-state index contributed by atoms with van der Waals surface area (Å²) in [4.78, 5) is 11.3. The van der Waals surface area contributed by atoms with Crippen LogP contribution in [0.3, 0.4) is 0 Å². The number of methoxy groups -OCH3 is 2. The number of rotatable bonds is 4. The van der Waals surface area contributed by atoms with Gasteiger partial charge < -0.3 is 9.47 Å². The van der Waals surface area contributed by atoms with Crippen molar-refractivity contribution in [2.75, 3.05) is 14.2 Å². The first-order chi connectivity index (χ1) is 7.87. The average molecular weight is 279 g/mol. The van der Waals surface area contributed by atoms with Gasteiger partial charge in [-0.1, -0.05) is 6.07 Å². The number of carbonyl (C=O) groups is 1. The Balaban J connectivity index is 3.14. The van der Waals surface area contributed by atoms with Gasteiger partial charge in [0, 0.05) is 16.2 Å². The lowest BCUT2D eigenvalue weighted by atomic mass is 10.1. The predicted octanol–water partition coefficient (Wildman–Crippen LogP) is 1.55. The van der Waals surface area contributed by atoms with Crippen LogP contribution in [-0.4, -0.2) is 28.6 Å². The number of carbonyl (C=O) groups excluding carboxylic acids is 1. The molecule has 94 valence electrons. The lowest BCUT2D eigenvalue weighted by molar-refractivity contribution is 0.0600. The molecule has 0 atom stereocenters. The number of hydrogen-bond acceptors (Lipinski definition) is 5. The SMILES string of the molecule is COC(=O)c1ccc(CS(=O)(=O)Cl)c(OC)c1. The molecule has 0 unspecified atom stereocenters. The summed E-state index contributed by atoms with van der Waals surface area (Å²) in [6, 6.07) is 4.32. The van der Waals surface area contributed by atoms with Crippen LogP contribution in [0.1, 0.15) is 15.9 Å². The minimum atomic E-state index is -3.67. The quantitative estimate of drug-likeness (QED) is 0.617. The Hall–Kier alpha value is -1.27. The van der Waals surface area contributed by atoms with Gasteiger partial charge in [-0.15, -0.1) is 0 Å². The zero-order valence-electron chi connectivity index (χ0n) is 9.27. The Morgan fingerprint density at radius 3 is 2.47 bits per heavy atom. The third-order valence-corrected chi connectivity index (χ3v) is 3.02. The fraction of sp³-hybridized carbons (Fsp3) is 0.300. The van der Waals surface area contributed by atoms with Crippen LogP contribution >= 0.6 is 10.7 Å². The van der Waals surface area contributed by atoms with Crippen molar-refractivity contribution in [1.29, 1.82) is 0 Å². The first-order valence-corrected chi connectivity index (χ1v) is 7.03. The van der Waals surface area contributed by atoms with Crippen LogP contribution in [0, 0.1) is 0 Å². The number of halogens is 1. The standard InChI is InChI=1S/C10H11ClO5S/c1-15-9-5-7(10(12)16-2)3-4-8(9)6-17(11,13)14/h3-5H,6H2,1-2H3. The Labute approximate surface area is 104 Å². The molecule has 5 nitrogen and oxygen atoms in total. The largest absolute Gasteiger partial charge is 0.496 e. The van der Waals surface area contributed by atoms with Crippen molar-refractivity contribution in [3.8, 4) is 5.75 Å². The molecule has 0 saturated heterocycles. The second-order valence-corrected chi connectivity index (χ2v) is 5.98. The summed E-state index contributed by atoms with van der Waals surface area (Å²) in [6.45, 7) is 0. The molecule has 0 fully saturated rings. The van der Waals surface area contributed by atoms with Crippen molar-refractivity contribution in [3.05, 3.63) is 29.3 Å². The summed E-state index contributed by atoms with van der Waals surface area (Å²) in [5, 5.41) is 0. The number of benzene rings is 1. The molecule has 0 saturated carbocycles. The number of esters is 1. The highest BCUT2D eigenvalue weighted by Crippen LogP contribution is 2.23. The minimum absolute atomic E-state index is 0.275. The highest BCUT2D eigenvalue weighted by Gasteiger charge is 2.14. The van der Waals surface area contributed by atoms with E-state index >= 15 is 0 Å². The Morgan fingerprint density at radius 1 is 1.35 bits per heavy atom. The predicted molar refractivity (Wildman–Crippen MR) is 62.8 cm³/mol. The van der Waals surface area contributed by atoms with E-state index in [9.17, 15) is 13.2 Å². The van der Waals surface area contributed by atoms with Crippen LogP contribution in [-0.2, 0) is 19.5 Å². The molecule has 0 aliphatic carbocycles. The molecule has 0 spiro atoms. The van der Waals surface area contributed by atoms with E-state index in [1.165, 1.54) is 32.4 Å². The van der Waals surface area contributed by atoms with Crippen LogP contribution in [0.5, 0.6) is 5.75 Å². The molecular formula is C10H11ClO5S. The van der Waals surface area contributed by atoms with E-state index in [-0.39, 0.29) is 17.1 Å². The normalized spacial score (nSPS) is 11.0. The van der Waals surface area contributed by atoms with Crippen molar-refractivity contribution in [3.63, 3.8) is 0 Å². The fourth-order valence-corrected chi connectivity index (χ4v) is 2.26. The first-order valence-electron chi connectivity index (χ1n) is 4.55. The van der Waals surface area contributed by atoms with Crippen LogP contribution in [0.2, 0.25) is 0 Å². The van der Waals surface area contributed by atoms with Crippen LogP contribution in [0.25, 0.3) is 0 Å². The number of hydrogen-bond donors (Lipinski definition) is 0. The van der Waals surface area contributed by atoms with Gasteiger partial charge in [-0.05, 0) is 12.1 Å². The van der Waals surface area contributed by atoms with Crippen molar-refractivity contribution in [2.45, 2.75) is 5.75 Å². The lowest BCUT2D eigenvalue weighted by Gasteiger charge is -2.08. The summed E-state index contributed by atoms with van der Waals surface area (Å²) >= 11 is 0. The molecule has 0 bridgehead atoms. The van der Waals surface area contributed by atoms with Crippen molar-refractivity contribution in [1.82, 2.24) is 0 Å². The maximum absolute atomic E-state index is 11.3. The van der Waals surface area contributed by atoms with E-state index < -0.39 is 15.0 Å². The summed E-state index contributed by atoms with van der Waals surface area (Å²) in [6.07, 6.45) is 0. The molecule has 0 aliphatic heterocycles. The molecule has 0 radical (unpaired) electrons. The summed E-state index contributed by atoms with van der Waals surface area (Å²) in [5.74, 6) is -0.611. The van der Waals surface area contributed by atoms with E-state index in [1.807, 2.05) is 0 Å². The van der Waals surface area contributed by atoms with Gasteiger partial charge in [0.05, 0.1) is 25.5 Å². The summed E-state index contributed by atoms with van der Waals surface area (Å²) in [5.41, 5.74) is 0.662. The van der Waals surface area contributed by atoms with Crippen LogP contribution < -0.4 is 4.74 Å². The summed E-state index contributed by atoms with van der Waals surface area (Å²) < 4.78 is 31.5. The molecule has 0 N–H and O–H groups in total. The third kappa shape index (κ3) is 3.90. The smallest absolute Gasteiger partial charge is 0.337 e. The maximum Gasteiger partial charge on any atom is 0.337 e. The summed E-state index contributed by atoms with van der Waals surface area (Å²) in [7, 11) is 4.11. The molecule has 1 aromatic carbocycles. The highest BCUT2D eigenvalue weighted by atomic mass is 35.7. The number of ether oxygens (including phenoxy) is 2. The van der Waals surface area contributed by atoms with Gasteiger partial charge in [0.25, 0.3) is 0 Å². The zero-order valence-corrected chi connectivity index (χ0v) is 10.8. The van der Waals surface area contributed by atoms with Gasteiger partial charge in [-0.2, -0.15) is 0 Å². The highest BCUT2D eigenvalue weighted by molar-refractivity contribution is 8.13. The lowest BCUT2D eigenvalue weighted by Crippen LogP contribution is -2.04. The molecule has 1 aromatic rings. The molecule has 0 aliphatic rings. The molecule has 0 aromatic heterocycles. The van der Waals surface area contributed by atoms with E-state index in [2.05, 4.69) is 4.74 Å². The molecule has 7 heteroatoms. The van der Waals surface area contributed by atoms with Crippen LogP contribution in [0.4, 0.5) is 0 Å². The van der Waals surface area contributed by atoms with Gasteiger partial charge in [0.1, 0.15) is 5.75 Å². The van der Waals surface area contributed by atoms with Crippen molar-refractivity contribution in [2.24, 2.45) is 0 Å². The molecule has 17 heavy (non-hydrogen) atoms. The van der Waals surface area contributed by atoms with Crippen molar-refractivity contribution >= 4 is 25.7 Å². The monoisotopic (exact) mass is 278 g/mol. The Bertz CT molecular complexity index is 523. The van der Waals surface area contributed by atoms with Gasteiger partial charge >= 0.3 is 5.97 Å². The third-order valence-electron chi connectivity index (χ3n) is 2.04. The first kappa shape index (κ1) is 13.8. The second-order valence-electron chi connectivity index (χ2n) is 3.20. The average Bonchev–Trinajstić information content (AvgIpc) is 2.26. The fourth-order valence-electron chi connectivity index (χ4n) is 1.29. The molecule has 0 heterocycles. The zero-order chi connectivity index (χ0) is 13.1. The van der Waals surface area contributed by atoms with E-state index in [1.54, 1.807) is 0 Å². The van der Waals surface area contributed by atoms with Gasteiger partial charge in [-0.3, -0.25) is 0 Å². The Kier molecular flexibility index (Phi) is 4.36. The topological polar surface area (TPSA) is 69.7 Å². The van der Waals surface area contributed by atoms with Gasteiger partial charge in [0.2, 0.25) is 9.05 Å². The molecular weight excluding hydrogens is 268 g/mol. The minimum Gasteiger partial charge on any atom is -0.496 e. The second kappa shape index (κ2) is 5.37. The van der Waals surface area contributed by atoms with E-state index in [0.717, 1.165) is 0 Å². The van der Waals surface area contributed by atoms with Gasteiger partial charge in [-0.25, -0.2) is 13.2 Å². The van der Waals surface area contributed by atoms with Crippen molar-refractivity contribution < 1.29 is 22.7 Å². The Morgan fingerprint density at radius 2 is 2.00 bits per heavy atom. The molecule has 0 amide bonds. The molecule has 1 rings (SSSR count). The maximum atomic E-state index is 11.3. The van der Waals surface area contributed by atoms with Crippen LogP contribution in [0.15, 0.2) is 18.2 Å². The van der Waals surface area contributed by atoms with E-state index in [4.69, 9.17) is 15.4 Å². The van der Waals surface area contributed by atoms with E-state index in [0.29, 0.717) is 5.56 Å². The van der Waals surface area contributed by atoms with Gasteiger partial charge in [0.15, 0.2) is 0 Å².